The highest BCUT2D eigenvalue weighted by atomic mass is 19.1. The third-order valence-corrected chi connectivity index (χ3v) is 7.13. The van der Waals surface area contributed by atoms with Gasteiger partial charge in [0.25, 0.3) is 0 Å². The maximum absolute atomic E-state index is 14.3. The number of alkyl carbamates (subject to hydrolysis) is 1. The van der Waals surface area contributed by atoms with Crippen LogP contribution in [0.1, 0.15) is 49.4 Å². The first-order valence-corrected chi connectivity index (χ1v) is 10.6. The van der Waals surface area contributed by atoms with Crippen molar-refractivity contribution in [2.45, 2.75) is 44.8 Å². The van der Waals surface area contributed by atoms with E-state index in [9.17, 15) is 13.6 Å². The highest BCUT2D eigenvalue weighted by molar-refractivity contribution is 5.71. The smallest absolute Gasteiger partial charge is 0.408 e. The Hall–Kier alpha value is -3.35. The molecule has 1 saturated carbocycles. The van der Waals surface area contributed by atoms with E-state index in [1.165, 1.54) is 18.2 Å². The zero-order valence-corrected chi connectivity index (χ0v) is 17.9. The number of benzene rings is 2. The number of hydrogen-bond acceptors (Lipinski definition) is 4. The van der Waals surface area contributed by atoms with Crippen molar-refractivity contribution in [2.24, 2.45) is 5.41 Å². The molecule has 1 amide bonds. The predicted molar refractivity (Wildman–Crippen MR) is 115 cm³/mol. The van der Waals surface area contributed by atoms with Crippen LogP contribution in [-0.2, 0) is 16.9 Å². The molecule has 2 aliphatic rings. The normalized spacial score (nSPS) is 22.4. The van der Waals surface area contributed by atoms with E-state index in [-0.39, 0.29) is 29.2 Å². The van der Waals surface area contributed by atoms with Gasteiger partial charge in [0.2, 0.25) is 0 Å². The summed E-state index contributed by atoms with van der Waals surface area (Å²) >= 11 is 0. The number of ether oxygens (including phenoxy) is 1. The molecular weight excluding hydrogens is 412 g/mol. The van der Waals surface area contributed by atoms with Crippen molar-refractivity contribution in [3.8, 4) is 11.3 Å². The number of rotatable bonds is 4. The molecule has 2 unspecified atom stereocenters. The van der Waals surface area contributed by atoms with Gasteiger partial charge in [-0.05, 0) is 48.1 Å². The fraction of sp³-hybridized carbons (Fsp3) is 0.320. The van der Waals surface area contributed by atoms with Crippen LogP contribution in [0, 0.1) is 17.0 Å². The lowest BCUT2D eigenvalue weighted by atomic mass is 9.75. The van der Waals surface area contributed by atoms with Crippen molar-refractivity contribution in [1.82, 2.24) is 15.5 Å². The minimum Gasteiger partial charge on any atom is -0.445 e. The van der Waals surface area contributed by atoms with E-state index in [2.05, 4.69) is 29.4 Å². The quantitative estimate of drug-likeness (QED) is 0.591. The van der Waals surface area contributed by atoms with Gasteiger partial charge in [0, 0.05) is 5.41 Å². The Kier molecular flexibility index (Phi) is 4.73. The molecule has 2 bridgehead atoms. The van der Waals surface area contributed by atoms with E-state index >= 15 is 0 Å². The van der Waals surface area contributed by atoms with E-state index in [4.69, 9.17) is 4.74 Å². The van der Waals surface area contributed by atoms with Gasteiger partial charge in [-0.3, -0.25) is 0 Å². The molecule has 5 rings (SSSR count). The molecule has 164 valence electrons. The van der Waals surface area contributed by atoms with Crippen molar-refractivity contribution in [2.75, 3.05) is 0 Å². The summed E-state index contributed by atoms with van der Waals surface area (Å²) in [6, 6.07) is 14.9. The average molecular weight is 435 g/mol. The highest BCUT2D eigenvalue weighted by Crippen LogP contribution is 2.66. The molecular formula is C25H23F2N3O2. The summed E-state index contributed by atoms with van der Waals surface area (Å²) in [7, 11) is 0. The molecule has 5 nitrogen and oxygen atoms in total. The number of nitrogens with one attached hydrogen (secondary N) is 1. The van der Waals surface area contributed by atoms with Crippen LogP contribution < -0.4 is 5.32 Å². The molecule has 1 aromatic heterocycles. The van der Waals surface area contributed by atoms with Gasteiger partial charge in [-0.2, -0.15) is 5.10 Å². The summed E-state index contributed by atoms with van der Waals surface area (Å²) in [5.74, 6) is -1.28. The summed E-state index contributed by atoms with van der Waals surface area (Å²) in [6.07, 6.45) is 0.991. The molecule has 2 aromatic carbocycles. The van der Waals surface area contributed by atoms with Gasteiger partial charge in [0.05, 0.1) is 22.5 Å². The average Bonchev–Trinajstić information content (AvgIpc) is 3.12. The highest BCUT2D eigenvalue weighted by Gasteiger charge is 2.64. The minimum atomic E-state index is -0.750. The molecule has 1 heterocycles. The van der Waals surface area contributed by atoms with Crippen LogP contribution in [0.25, 0.3) is 11.3 Å². The fourth-order valence-corrected chi connectivity index (χ4v) is 5.39. The van der Waals surface area contributed by atoms with Crippen LogP contribution in [0.15, 0.2) is 54.6 Å². The largest absolute Gasteiger partial charge is 0.445 e. The lowest BCUT2D eigenvalue weighted by Gasteiger charge is -2.38. The SMILES string of the molecule is CC1(C)C2CCC1(NC(=O)OCc1ccccc1)c1nnc(-c3c(F)cccc3F)cc12. The fourth-order valence-electron chi connectivity index (χ4n) is 5.39. The topological polar surface area (TPSA) is 64.1 Å². The molecule has 32 heavy (non-hydrogen) atoms. The summed E-state index contributed by atoms with van der Waals surface area (Å²) in [5.41, 5.74) is 1.28. The predicted octanol–water partition coefficient (Wildman–Crippen LogP) is 5.46. The Balaban J connectivity index is 1.46. The van der Waals surface area contributed by atoms with Crippen molar-refractivity contribution in [3.05, 3.63) is 83.1 Å². The first-order valence-electron chi connectivity index (χ1n) is 10.6. The van der Waals surface area contributed by atoms with Crippen molar-refractivity contribution in [3.63, 3.8) is 0 Å². The molecule has 0 saturated heterocycles. The number of nitrogens with zero attached hydrogens (tertiary/aromatic N) is 2. The minimum absolute atomic E-state index is 0.0796. The molecule has 7 heteroatoms. The first kappa shape index (κ1) is 20.5. The third kappa shape index (κ3) is 2.98. The molecule has 0 aliphatic heterocycles. The molecule has 3 aromatic rings. The van der Waals surface area contributed by atoms with E-state index in [1.807, 2.05) is 30.3 Å². The van der Waals surface area contributed by atoms with Crippen LogP contribution in [0.5, 0.6) is 0 Å². The summed E-state index contributed by atoms with van der Waals surface area (Å²) in [4.78, 5) is 12.7. The number of fused-ring (bicyclic) bond motifs is 5. The van der Waals surface area contributed by atoms with Gasteiger partial charge in [0.15, 0.2) is 0 Å². The zero-order chi connectivity index (χ0) is 22.5. The van der Waals surface area contributed by atoms with Crippen molar-refractivity contribution >= 4 is 6.09 Å². The number of aromatic nitrogens is 2. The second-order valence-corrected chi connectivity index (χ2v) is 9.04. The number of carbonyl (C=O) groups excluding carboxylic acids is 1. The first-order chi connectivity index (χ1) is 15.3. The van der Waals surface area contributed by atoms with Crippen LogP contribution in [-0.4, -0.2) is 16.3 Å². The van der Waals surface area contributed by atoms with E-state index < -0.39 is 23.3 Å². The molecule has 1 N–H and O–H groups in total. The van der Waals surface area contributed by atoms with Gasteiger partial charge < -0.3 is 10.1 Å². The summed E-state index contributed by atoms with van der Waals surface area (Å²) in [6.45, 7) is 4.32. The van der Waals surface area contributed by atoms with E-state index in [0.29, 0.717) is 12.1 Å². The molecule has 0 spiro atoms. The van der Waals surface area contributed by atoms with Gasteiger partial charge in [-0.1, -0.05) is 50.2 Å². The molecule has 0 radical (unpaired) electrons. The summed E-state index contributed by atoms with van der Waals surface area (Å²) in [5, 5.41) is 11.6. The second kappa shape index (κ2) is 7.36. The van der Waals surface area contributed by atoms with Crippen LogP contribution >= 0.6 is 0 Å². The molecule has 2 atom stereocenters. The number of carbonyl (C=O) groups is 1. The van der Waals surface area contributed by atoms with Gasteiger partial charge in [0.1, 0.15) is 18.2 Å². The third-order valence-electron chi connectivity index (χ3n) is 7.13. The van der Waals surface area contributed by atoms with Gasteiger partial charge in [-0.15, -0.1) is 5.10 Å². The number of halogens is 2. The Bertz CT molecular complexity index is 1180. The van der Waals surface area contributed by atoms with Crippen LogP contribution in [0.3, 0.4) is 0 Å². The molecule has 2 aliphatic carbocycles. The molecule has 1 fully saturated rings. The second-order valence-electron chi connectivity index (χ2n) is 9.04. The van der Waals surface area contributed by atoms with Crippen molar-refractivity contribution in [1.29, 1.82) is 0 Å². The number of hydrogen-bond donors (Lipinski definition) is 1. The Labute approximate surface area is 184 Å². The van der Waals surface area contributed by atoms with Crippen LogP contribution in [0.4, 0.5) is 13.6 Å². The van der Waals surface area contributed by atoms with Crippen LogP contribution in [0.2, 0.25) is 0 Å². The standard InChI is InChI=1S/C25H23F2N3O2/c1-24(2)17-11-12-25(24,28-23(31)32-14-15-7-4-3-5-8-15)22-16(17)13-20(29-30-22)21-18(26)9-6-10-19(21)27/h3-10,13,17H,11-12,14H2,1-2H3,(H,28,31). The number of amides is 1. The lowest BCUT2D eigenvalue weighted by molar-refractivity contribution is 0.100. The summed E-state index contributed by atoms with van der Waals surface area (Å²) < 4.78 is 34.1. The van der Waals surface area contributed by atoms with E-state index in [1.54, 1.807) is 6.07 Å². The monoisotopic (exact) mass is 435 g/mol. The van der Waals surface area contributed by atoms with Gasteiger partial charge >= 0.3 is 6.09 Å². The Morgan fingerprint density at radius 2 is 1.81 bits per heavy atom. The Morgan fingerprint density at radius 1 is 1.09 bits per heavy atom. The van der Waals surface area contributed by atoms with Crippen molar-refractivity contribution < 1.29 is 18.3 Å². The van der Waals surface area contributed by atoms with E-state index in [0.717, 1.165) is 17.5 Å². The van der Waals surface area contributed by atoms with Gasteiger partial charge in [-0.25, -0.2) is 13.6 Å². The lowest BCUT2D eigenvalue weighted by Crippen LogP contribution is -2.51. The maximum Gasteiger partial charge on any atom is 0.408 e. The zero-order valence-electron chi connectivity index (χ0n) is 17.9. The maximum atomic E-state index is 14.3. The Morgan fingerprint density at radius 3 is 2.53 bits per heavy atom.